The molecule has 22 heavy (non-hydrogen) atoms. The van der Waals surface area contributed by atoms with Crippen LogP contribution in [0.4, 0.5) is 10.5 Å². The average molecular weight is 319 g/mol. The molecule has 1 unspecified atom stereocenters. The lowest BCUT2D eigenvalue weighted by molar-refractivity contribution is 0.217. The van der Waals surface area contributed by atoms with Crippen LogP contribution in [0, 0.1) is 23.2 Å². The number of fused-ring (bicyclic) bond motifs is 1. The van der Waals surface area contributed by atoms with E-state index in [1.54, 1.807) is 28.9 Å². The van der Waals surface area contributed by atoms with E-state index in [1.165, 1.54) is 0 Å². The summed E-state index contributed by atoms with van der Waals surface area (Å²) in [6.07, 6.45) is 0.616. The zero-order valence-corrected chi connectivity index (χ0v) is 13.0. The molecule has 3 rings (SSSR count). The van der Waals surface area contributed by atoms with Gasteiger partial charge in [-0.1, -0.05) is 16.8 Å². The Morgan fingerprint density at radius 1 is 1.45 bits per heavy atom. The van der Waals surface area contributed by atoms with Crippen LogP contribution in [0.15, 0.2) is 17.3 Å². The highest BCUT2D eigenvalue weighted by molar-refractivity contribution is 6.33. The summed E-state index contributed by atoms with van der Waals surface area (Å²) in [5.74, 6) is 0. The van der Waals surface area contributed by atoms with E-state index in [-0.39, 0.29) is 24.2 Å². The van der Waals surface area contributed by atoms with Crippen LogP contribution in [0.3, 0.4) is 0 Å². The van der Waals surface area contributed by atoms with Crippen LogP contribution in [0.25, 0.3) is 0 Å². The highest BCUT2D eigenvalue weighted by Crippen LogP contribution is 2.39. The molecule has 2 amide bonds. The molecule has 0 bridgehead atoms. The maximum Gasteiger partial charge on any atom is 0.325 e. The van der Waals surface area contributed by atoms with E-state index in [4.69, 9.17) is 16.9 Å². The smallest absolute Gasteiger partial charge is 0.317 e. The van der Waals surface area contributed by atoms with E-state index in [9.17, 15) is 9.70 Å². The van der Waals surface area contributed by atoms with Crippen molar-refractivity contribution in [3.63, 3.8) is 0 Å². The zero-order valence-electron chi connectivity index (χ0n) is 12.3. The molecule has 3 atom stereocenters. The van der Waals surface area contributed by atoms with Crippen LogP contribution < -0.4 is 4.90 Å². The number of nitriles is 1. The Labute approximate surface area is 133 Å². The lowest BCUT2D eigenvalue weighted by atomic mass is 10.0. The number of nitroso groups, excluding NO2 is 1. The van der Waals surface area contributed by atoms with Crippen LogP contribution in [-0.4, -0.2) is 35.6 Å². The maximum absolute atomic E-state index is 12.7. The third kappa shape index (κ3) is 1.89. The van der Waals surface area contributed by atoms with E-state index < -0.39 is 0 Å². The van der Waals surface area contributed by atoms with Gasteiger partial charge in [0.1, 0.15) is 12.1 Å². The Bertz CT molecular complexity index is 700. The quantitative estimate of drug-likeness (QED) is 0.786. The number of carbonyl (C=O) groups is 1. The summed E-state index contributed by atoms with van der Waals surface area (Å²) in [6.45, 7) is 4.25. The number of nitrogens with zero attached hydrogens (tertiary/aromatic N) is 4. The molecule has 0 spiro atoms. The van der Waals surface area contributed by atoms with Crippen molar-refractivity contribution in [3.8, 4) is 6.07 Å². The molecule has 2 aliphatic heterocycles. The number of carbonyl (C=O) groups excluding carboxylic acids is 1. The van der Waals surface area contributed by atoms with Gasteiger partial charge in [0.2, 0.25) is 0 Å². The van der Waals surface area contributed by atoms with Gasteiger partial charge in [-0.25, -0.2) is 4.79 Å². The summed E-state index contributed by atoms with van der Waals surface area (Å²) < 4.78 is 0. The van der Waals surface area contributed by atoms with Crippen LogP contribution in [0.1, 0.15) is 24.5 Å². The SMILES string of the molecule is Cc1c(N2C(=O)N3CCC(N=O)[C@H]3[C@@H]2C)ccc(C#N)c1Cl. The molecule has 114 valence electrons. The molecule has 2 fully saturated rings. The summed E-state index contributed by atoms with van der Waals surface area (Å²) >= 11 is 6.21. The predicted octanol–water partition coefficient (Wildman–Crippen LogP) is 3.06. The standard InChI is InChI=1S/C15H15ClN4O2/c1-8-12(4-3-10(7-17)13(8)16)20-9(2)14-11(18-22)5-6-19(14)15(20)21/h3-4,9,11,14H,5-6H2,1-2H3/t9-,11?,14+/m0/s1. The van der Waals surface area contributed by atoms with Crippen LogP contribution in [0.2, 0.25) is 5.02 Å². The highest BCUT2D eigenvalue weighted by Gasteiger charge is 2.52. The number of hydrogen-bond acceptors (Lipinski definition) is 4. The minimum Gasteiger partial charge on any atom is -0.317 e. The molecule has 2 saturated heterocycles. The van der Waals surface area contributed by atoms with E-state index in [1.807, 2.05) is 13.0 Å². The number of urea groups is 1. The van der Waals surface area contributed by atoms with Gasteiger partial charge in [0, 0.05) is 6.54 Å². The minimum atomic E-state index is -0.363. The van der Waals surface area contributed by atoms with Gasteiger partial charge >= 0.3 is 6.03 Å². The Kier molecular flexibility index (Phi) is 3.53. The number of rotatable bonds is 2. The van der Waals surface area contributed by atoms with Gasteiger partial charge in [-0.3, -0.25) is 4.90 Å². The van der Waals surface area contributed by atoms with Crippen molar-refractivity contribution in [2.45, 2.75) is 38.4 Å². The first-order chi connectivity index (χ1) is 10.5. The fraction of sp³-hybridized carbons (Fsp3) is 0.467. The number of amides is 2. The fourth-order valence-electron chi connectivity index (χ4n) is 3.53. The molecule has 0 aromatic heterocycles. The second kappa shape index (κ2) is 5.25. The van der Waals surface area contributed by atoms with E-state index >= 15 is 0 Å². The van der Waals surface area contributed by atoms with Gasteiger partial charge in [-0.05, 0) is 38.0 Å². The van der Waals surface area contributed by atoms with E-state index in [2.05, 4.69) is 5.18 Å². The van der Waals surface area contributed by atoms with Gasteiger partial charge in [0.05, 0.1) is 28.4 Å². The van der Waals surface area contributed by atoms with Gasteiger partial charge in [-0.2, -0.15) is 10.2 Å². The first-order valence-corrected chi connectivity index (χ1v) is 7.50. The molecule has 1 aromatic carbocycles. The summed E-state index contributed by atoms with van der Waals surface area (Å²) in [5, 5.41) is 12.6. The van der Waals surface area contributed by atoms with Gasteiger partial charge in [0.15, 0.2) is 0 Å². The number of halogens is 1. The Morgan fingerprint density at radius 3 is 2.82 bits per heavy atom. The molecule has 2 aliphatic rings. The summed E-state index contributed by atoms with van der Waals surface area (Å²) in [6, 6.07) is 4.52. The average Bonchev–Trinajstić information content (AvgIpc) is 3.04. The lowest BCUT2D eigenvalue weighted by Gasteiger charge is -2.25. The Balaban J connectivity index is 2.04. The highest BCUT2D eigenvalue weighted by atomic mass is 35.5. The van der Waals surface area contributed by atoms with Crippen molar-refractivity contribution in [2.75, 3.05) is 11.4 Å². The molecule has 0 N–H and O–H groups in total. The van der Waals surface area contributed by atoms with Crippen molar-refractivity contribution in [3.05, 3.63) is 33.2 Å². The minimum absolute atomic E-state index is 0.132. The van der Waals surface area contributed by atoms with Crippen LogP contribution in [-0.2, 0) is 0 Å². The first-order valence-electron chi connectivity index (χ1n) is 7.12. The number of anilines is 1. The van der Waals surface area contributed by atoms with E-state index in [0.717, 1.165) is 0 Å². The maximum atomic E-state index is 12.7. The predicted molar refractivity (Wildman–Crippen MR) is 82.9 cm³/mol. The molecular formula is C15H15ClN4O2. The van der Waals surface area contributed by atoms with E-state index in [0.29, 0.717) is 34.8 Å². The molecule has 0 radical (unpaired) electrons. The third-order valence-electron chi connectivity index (χ3n) is 4.65. The molecule has 7 heteroatoms. The van der Waals surface area contributed by atoms with Crippen molar-refractivity contribution < 1.29 is 4.79 Å². The summed E-state index contributed by atoms with van der Waals surface area (Å²) in [7, 11) is 0. The van der Waals surface area contributed by atoms with Crippen molar-refractivity contribution >= 4 is 23.3 Å². The monoisotopic (exact) mass is 318 g/mol. The molecule has 1 aromatic rings. The van der Waals surface area contributed by atoms with Crippen LogP contribution in [0.5, 0.6) is 0 Å². The number of benzene rings is 1. The van der Waals surface area contributed by atoms with Crippen molar-refractivity contribution in [1.29, 1.82) is 5.26 Å². The van der Waals surface area contributed by atoms with Gasteiger partial charge < -0.3 is 4.90 Å². The summed E-state index contributed by atoms with van der Waals surface area (Å²) in [5.41, 5.74) is 1.76. The fourth-order valence-corrected chi connectivity index (χ4v) is 3.73. The molecule has 0 aliphatic carbocycles. The number of hydrogen-bond donors (Lipinski definition) is 0. The van der Waals surface area contributed by atoms with Crippen molar-refractivity contribution in [2.24, 2.45) is 5.18 Å². The largest absolute Gasteiger partial charge is 0.325 e. The zero-order chi connectivity index (χ0) is 16.0. The molecular weight excluding hydrogens is 304 g/mol. The second-order valence-corrected chi connectivity index (χ2v) is 6.10. The van der Waals surface area contributed by atoms with Crippen LogP contribution >= 0.6 is 11.6 Å². The Hall–Kier alpha value is -2.13. The van der Waals surface area contributed by atoms with Gasteiger partial charge in [0.25, 0.3) is 0 Å². The molecule has 2 heterocycles. The second-order valence-electron chi connectivity index (χ2n) is 5.72. The summed E-state index contributed by atoms with van der Waals surface area (Å²) in [4.78, 5) is 27.0. The Morgan fingerprint density at radius 2 is 2.18 bits per heavy atom. The lowest BCUT2D eigenvalue weighted by Crippen LogP contribution is -2.38. The topological polar surface area (TPSA) is 76.8 Å². The van der Waals surface area contributed by atoms with Gasteiger partial charge in [-0.15, -0.1) is 0 Å². The first kappa shape index (κ1) is 14.8. The molecule has 6 nitrogen and oxygen atoms in total. The van der Waals surface area contributed by atoms with Crippen molar-refractivity contribution in [1.82, 2.24) is 4.90 Å². The third-order valence-corrected chi connectivity index (χ3v) is 5.13. The molecule has 0 saturated carbocycles. The normalized spacial score (nSPS) is 27.0.